The highest BCUT2D eigenvalue weighted by molar-refractivity contribution is 5.64. The fourth-order valence-electron chi connectivity index (χ4n) is 2.45. The number of nitro groups is 1. The quantitative estimate of drug-likeness (QED) is 0.658. The minimum atomic E-state index is -0.828. The van der Waals surface area contributed by atoms with Crippen molar-refractivity contribution >= 4 is 11.4 Å². The Morgan fingerprint density at radius 3 is 3.05 bits per heavy atom. The lowest BCUT2D eigenvalue weighted by molar-refractivity contribution is -0.386. The molecule has 0 aliphatic carbocycles. The largest absolute Gasteiger partial charge is 0.394 e. The molecule has 1 atom stereocenters. The molecule has 0 amide bonds. The highest BCUT2D eigenvalue weighted by Crippen LogP contribution is 2.32. The third kappa shape index (κ3) is 3.23. The topological polar surface area (TPSA) is 75.8 Å². The van der Waals surface area contributed by atoms with Crippen LogP contribution >= 0.6 is 0 Å². The van der Waals surface area contributed by atoms with E-state index in [1.807, 2.05) is 0 Å². The number of ether oxygens (including phenoxy) is 1. The van der Waals surface area contributed by atoms with Gasteiger partial charge in [0.05, 0.1) is 24.2 Å². The molecule has 0 saturated carbocycles. The number of aliphatic hydroxyl groups excluding tert-OH is 1. The maximum Gasteiger partial charge on any atom is 0.327 e. The van der Waals surface area contributed by atoms with Crippen LogP contribution in [0.4, 0.5) is 15.8 Å². The van der Waals surface area contributed by atoms with Crippen LogP contribution in [0.25, 0.3) is 0 Å². The van der Waals surface area contributed by atoms with E-state index >= 15 is 0 Å². The summed E-state index contributed by atoms with van der Waals surface area (Å²) in [6, 6.07) is 4.11. The minimum Gasteiger partial charge on any atom is -0.394 e. The summed E-state index contributed by atoms with van der Waals surface area (Å²) in [7, 11) is 0. The van der Waals surface area contributed by atoms with Crippen LogP contribution in [0.1, 0.15) is 12.8 Å². The predicted octanol–water partition coefficient (Wildman–Crippen LogP) is 1.71. The Labute approximate surface area is 115 Å². The number of nitrogens with zero attached hydrogens (tertiary/aromatic N) is 2. The molecular weight excluding hydrogens is 267 g/mol. The minimum absolute atomic E-state index is 0.0589. The van der Waals surface area contributed by atoms with E-state index in [1.54, 1.807) is 11.0 Å². The van der Waals surface area contributed by atoms with Gasteiger partial charge in [-0.15, -0.1) is 0 Å². The van der Waals surface area contributed by atoms with E-state index in [9.17, 15) is 14.5 Å². The molecular formula is C13H17FN2O4. The third-order valence-electron chi connectivity index (χ3n) is 3.31. The third-order valence-corrected chi connectivity index (χ3v) is 3.31. The van der Waals surface area contributed by atoms with Crippen LogP contribution in [0, 0.1) is 15.9 Å². The summed E-state index contributed by atoms with van der Waals surface area (Å²) in [5.74, 6) is -0.828. The molecule has 1 N–H and O–H groups in total. The Morgan fingerprint density at radius 2 is 2.35 bits per heavy atom. The summed E-state index contributed by atoms with van der Waals surface area (Å²) in [6.45, 7) is 1.27. The van der Waals surface area contributed by atoms with Crippen LogP contribution in [-0.4, -0.2) is 42.4 Å². The number of para-hydroxylation sites is 1. The second-order valence-electron chi connectivity index (χ2n) is 4.67. The molecule has 6 nitrogen and oxygen atoms in total. The molecule has 20 heavy (non-hydrogen) atoms. The number of hydrogen-bond acceptors (Lipinski definition) is 5. The molecule has 0 radical (unpaired) electrons. The molecule has 1 saturated heterocycles. The maximum absolute atomic E-state index is 13.6. The smallest absolute Gasteiger partial charge is 0.327 e. The molecule has 1 aliphatic rings. The summed E-state index contributed by atoms with van der Waals surface area (Å²) in [6.07, 6.45) is 1.54. The highest BCUT2D eigenvalue weighted by Gasteiger charge is 2.28. The predicted molar refractivity (Wildman–Crippen MR) is 71.3 cm³/mol. The van der Waals surface area contributed by atoms with Gasteiger partial charge in [-0.25, -0.2) is 0 Å². The van der Waals surface area contributed by atoms with E-state index in [0.717, 1.165) is 18.9 Å². The number of anilines is 1. The van der Waals surface area contributed by atoms with Crippen molar-refractivity contribution in [1.82, 2.24) is 0 Å². The van der Waals surface area contributed by atoms with Gasteiger partial charge in [-0.1, -0.05) is 6.07 Å². The van der Waals surface area contributed by atoms with Gasteiger partial charge in [0, 0.05) is 13.1 Å². The SMILES string of the molecule is O=[N+]([O-])c1c(F)cccc1N1CCCC(OCCO)C1. The average molecular weight is 284 g/mol. The van der Waals surface area contributed by atoms with Gasteiger partial charge in [-0.2, -0.15) is 4.39 Å². The lowest BCUT2D eigenvalue weighted by atomic mass is 10.1. The first kappa shape index (κ1) is 14.7. The van der Waals surface area contributed by atoms with Gasteiger partial charge < -0.3 is 14.7 Å². The molecule has 0 aromatic heterocycles. The number of halogens is 1. The summed E-state index contributed by atoms with van der Waals surface area (Å²) in [4.78, 5) is 12.1. The summed E-state index contributed by atoms with van der Waals surface area (Å²) in [5, 5.41) is 19.8. The molecule has 1 fully saturated rings. The summed E-state index contributed by atoms with van der Waals surface area (Å²) < 4.78 is 19.1. The molecule has 7 heteroatoms. The lowest BCUT2D eigenvalue weighted by Crippen LogP contribution is -2.40. The first-order chi connectivity index (χ1) is 9.63. The standard InChI is InChI=1S/C13H17FN2O4/c14-11-4-1-5-12(13(11)16(18)19)15-6-2-3-10(9-15)20-8-7-17/h1,4-5,10,17H,2-3,6-9H2. The Bertz CT molecular complexity index is 483. The zero-order valence-electron chi connectivity index (χ0n) is 11.0. The van der Waals surface area contributed by atoms with E-state index < -0.39 is 16.4 Å². The van der Waals surface area contributed by atoms with Gasteiger partial charge in [0.1, 0.15) is 5.69 Å². The number of benzene rings is 1. The van der Waals surface area contributed by atoms with Crippen molar-refractivity contribution in [3.05, 3.63) is 34.1 Å². The molecule has 1 heterocycles. The molecule has 110 valence electrons. The first-order valence-electron chi connectivity index (χ1n) is 6.53. The second-order valence-corrected chi connectivity index (χ2v) is 4.67. The van der Waals surface area contributed by atoms with E-state index in [2.05, 4.69) is 0 Å². The second kappa shape index (κ2) is 6.62. The van der Waals surface area contributed by atoms with Crippen LogP contribution in [-0.2, 0) is 4.74 Å². The number of nitro benzene ring substituents is 1. The molecule has 1 aromatic rings. The van der Waals surface area contributed by atoms with E-state index in [-0.39, 0.29) is 25.0 Å². The summed E-state index contributed by atoms with van der Waals surface area (Å²) >= 11 is 0. The zero-order chi connectivity index (χ0) is 14.5. The van der Waals surface area contributed by atoms with Crippen LogP contribution in [0.15, 0.2) is 18.2 Å². The van der Waals surface area contributed by atoms with Crippen molar-refractivity contribution in [2.75, 3.05) is 31.2 Å². The van der Waals surface area contributed by atoms with Crippen molar-refractivity contribution in [2.24, 2.45) is 0 Å². The van der Waals surface area contributed by atoms with Crippen LogP contribution in [0.3, 0.4) is 0 Å². The highest BCUT2D eigenvalue weighted by atomic mass is 19.1. The van der Waals surface area contributed by atoms with E-state index in [1.165, 1.54) is 6.07 Å². The van der Waals surface area contributed by atoms with Crippen molar-refractivity contribution in [2.45, 2.75) is 18.9 Å². The number of rotatable bonds is 5. The molecule has 1 unspecified atom stereocenters. The number of aliphatic hydroxyl groups is 1. The fourth-order valence-corrected chi connectivity index (χ4v) is 2.45. The van der Waals surface area contributed by atoms with Crippen LogP contribution in [0.2, 0.25) is 0 Å². The molecule has 0 spiro atoms. The Morgan fingerprint density at radius 1 is 1.55 bits per heavy atom. The summed E-state index contributed by atoms with van der Waals surface area (Å²) in [5.41, 5.74) is -0.206. The molecule has 1 aliphatic heterocycles. The first-order valence-corrected chi connectivity index (χ1v) is 6.53. The van der Waals surface area contributed by atoms with Crippen LogP contribution in [0.5, 0.6) is 0 Å². The average Bonchev–Trinajstić information content (AvgIpc) is 2.44. The fraction of sp³-hybridized carbons (Fsp3) is 0.538. The Kier molecular flexibility index (Phi) is 4.86. The van der Waals surface area contributed by atoms with E-state index in [4.69, 9.17) is 9.84 Å². The zero-order valence-corrected chi connectivity index (χ0v) is 11.0. The Hall–Kier alpha value is -1.73. The van der Waals surface area contributed by atoms with E-state index in [0.29, 0.717) is 13.1 Å². The molecule has 1 aromatic carbocycles. The van der Waals surface area contributed by atoms with Crippen molar-refractivity contribution < 1.29 is 19.2 Å². The monoisotopic (exact) mass is 284 g/mol. The van der Waals surface area contributed by atoms with Gasteiger partial charge in [0.25, 0.3) is 0 Å². The Balaban J connectivity index is 2.18. The normalized spacial score (nSPS) is 19.1. The van der Waals surface area contributed by atoms with Gasteiger partial charge in [-0.05, 0) is 25.0 Å². The van der Waals surface area contributed by atoms with Crippen molar-refractivity contribution in [1.29, 1.82) is 0 Å². The van der Waals surface area contributed by atoms with Gasteiger partial charge in [-0.3, -0.25) is 10.1 Å². The van der Waals surface area contributed by atoms with Crippen molar-refractivity contribution in [3.8, 4) is 0 Å². The molecule has 0 bridgehead atoms. The van der Waals surface area contributed by atoms with Gasteiger partial charge >= 0.3 is 5.69 Å². The number of hydrogen-bond donors (Lipinski definition) is 1. The van der Waals surface area contributed by atoms with Gasteiger partial charge in [0.15, 0.2) is 0 Å². The van der Waals surface area contributed by atoms with Gasteiger partial charge in [0.2, 0.25) is 5.82 Å². The molecule has 2 rings (SSSR count). The number of piperidine rings is 1. The maximum atomic E-state index is 13.6. The van der Waals surface area contributed by atoms with Crippen LogP contribution < -0.4 is 4.90 Å². The lowest BCUT2D eigenvalue weighted by Gasteiger charge is -2.33. The van der Waals surface area contributed by atoms with Crippen molar-refractivity contribution in [3.63, 3.8) is 0 Å².